The molecule has 0 saturated carbocycles. The van der Waals surface area contributed by atoms with E-state index in [2.05, 4.69) is 0 Å². The number of fused-ring (bicyclic) bond motifs is 1. The van der Waals surface area contributed by atoms with Crippen molar-refractivity contribution in [1.82, 2.24) is 0 Å². The molecule has 9 heteroatoms. The van der Waals surface area contributed by atoms with Crippen LogP contribution in [0, 0.1) is 0 Å². The number of alkyl halides is 3. The Hall–Kier alpha value is -2.81. The van der Waals surface area contributed by atoms with Crippen molar-refractivity contribution in [3.63, 3.8) is 0 Å². The summed E-state index contributed by atoms with van der Waals surface area (Å²) in [5.74, 6) is -2.32. The van der Waals surface area contributed by atoms with E-state index in [4.69, 9.17) is 9.84 Å². The van der Waals surface area contributed by atoms with Gasteiger partial charge in [-0.3, -0.25) is 0 Å². The highest BCUT2D eigenvalue weighted by Crippen LogP contribution is 2.38. The molecule has 1 aliphatic heterocycles. The molecule has 1 heterocycles. The molecule has 0 amide bonds. The van der Waals surface area contributed by atoms with E-state index in [0.29, 0.717) is 5.56 Å². The van der Waals surface area contributed by atoms with Gasteiger partial charge in [0, 0.05) is 5.56 Å². The summed E-state index contributed by atoms with van der Waals surface area (Å²) < 4.78 is 69.0. The number of benzene rings is 2. The smallest absolute Gasteiger partial charge is 0.430 e. The highest BCUT2D eigenvalue weighted by atomic mass is 32.2. The van der Waals surface area contributed by atoms with Crippen molar-refractivity contribution in [2.24, 2.45) is 0 Å². The normalized spacial score (nSPS) is 16.9. The lowest BCUT2D eigenvalue weighted by atomic mass is 10.0. The molecule has 0 aliphatic carbocycles. The lowest BCUT2D eigenvalue weighted by Crippen LogP contribution is -2.40. The van der Waals surface area contributed by atoms with E-state index in [1.54, 1.807) is 30.3 Å². The van der Waals surface area contributed by atoms with Crippen LogP contribution in [0.1, 0.15) is 11.1 Å². The Morgan fingerprint density at radius 1 is 1.11 bits per heavy atom. The van der Waals surface area contributed by atoms with Gasteiger partial charge in [-0.05, 0) is 29.8 Å². The second kappa shape index (κ2) is 6.73. The molecule has 1 aliphatic rings. The van der Waals surface area contributed by atoms with Crippen LogP contribution in [-0.2, 0) is 20.4 Å². The molecular weight excluding hydrogens is 385 g/mol. The van der Waals surface area contributed by atoms with Gasteiger partial charge in [0.15, 0.2) is 9.84 Å². The first-order valence-corrected chi connectivity index (χ1v) is 9.32. The van der Waals surface area contributed by atoms with Crippen molar-refractivity contribution in [2.45, 2.75) is 22.9 Å². The summed E-state index contributed by atoms with van der Waals surface area (Å²) in [7, 11) is -3.78. The summed E-state index contributed by atoms with van der Waals surface area (Å²) in [4.78, 5) is 11.0. The third kappa shape index (κ3) is 3.97. The van der Waals surface area contributed by atoms with Crippen LogP contribution in [0.3, 0.4) is 0 Å². The highest BCUT2D eigenvalue weighted by Gasteiger charge is 2.48. The topological polar surface area (TPSA) is 80.7 Å². The molecule has 3 rings (SSSR count). The molecule has 1 unspecified atom stereocenters. The third-order valence-electron chi connectivity index (χ3n) is 3.92. The minimum absolute atomic E-state index is 0.0398. The zero-order valence-corrected chi connectivity index (χ0v) is 14.4. The van der Waals surface area contributed by atoms with Crippen LogP contribution in [0.5, 0.6) is 5.75 Å². The first-order chi connectivity index (χ1) is 12.6. The van der Waals surface area contributed by atoms with E-state index in [9.17, 15) is 26.4 Å². The average Bonchev–Trinajstić information content (AvgIpc) is 2.59. The van der Waals surface area contributed by atoms with Crippen LogP contribution in [0.15, 0.2) is 59.0 Å². The zero-order chi connectivity index (χ0) is 19.8. The Morgan fingerprint density at radius 3 is 2.37 bits per heavy atom. The number of rotatable bonds is 4. The van der Waals surface area contributed by atoms with Crippen molar-refractivity contribution in [2.75, 3.05) is 0 Å². The van der Waals surface area contributed by atoms with Crippen LogP contribution in [0.4, 0.5) is 13.2 Å². The van der Waals surface area contributed by atoms with Gasteiger partial charge in [-0.2, -0.15) is 13.2 Å². The molecule has 0 fully saturated rings. The molecule has 1 N–H and O–H groups in total. The fraction of sp³-hybridized carbons (Fsp3) is 0.167. The average molecular weight is 398 g/mol. The number of aliphatic carboxylic acids is 1. The van der Waals surface area contributed by atoms with Crippen molar-refractivity contribution in [3.8, 4) is 5.75 Å². The summed E-state index contributed by atoms with van der Waals surface area (Å²) in [6.07, 6.45) is -6.74. The largest absolute Gasteiger partial charge is 0.478 e. The Morgan fingerprint density at radius 2 is 1.78 bits per heavy atom. The van der Waals surface area contributed by atoms with Crippen molar-refractivity contribution in [3.05, 3.63) is 65.2 Å². The Balaban J connectivity index is 2.00. The van der Waals surface area contributed by atoms with Crippen LogP contribution >= 0.6 is 0 Å². The number of sulfone groups is 1. The fourth-order valence-electron chi connectivity index (χ4n) is 2.67. The Kier molecular flexibility index (Phi) is 4.73. The van der Waals surface area contributed by atoms with E-state index in [1.165, 1.54) is 0 Å². The maximum atomic E-state index is 13.0. The summed E-state index contributed by atoms with van der Waals surface area (Å²) in [6, 6.07) is 11.7. The maximum Gasteiger partial charge on any atom is 0.430 e. The first kappa shape index (κ1) is 19.0. The highest BCUT2D eigenvalue weighted by molar-refractivity contribution is 7.90. The first-order valence-electron chi connectivity index (χ1n) is 7.67. The van der Waals surface area contributed by atoms with E-state index in [0.717, 1.165) is 24.3 Å². The van der Waals surface area contributed by atoms with E-state index in [-0.39, 0.29) is 22.0 Å². The molecule has 0 bridgehead atoms. The van der Waals surface area contributed by atoms with Crippen LogP contribution in [0.25, 0.3) is 6.08 Å². The predicted molar refractivity (Wildman–Crippen MR) is 89.9 cm³/mol. The number of carboxylic acid groups (broad SMARTS) is 1. The molecule has 142 valence electrons. The number of ether oxygens (including phenoxy) is 1. The Labute approximate surface area is 152 Å². The molecule has 0 saturated heterocycles. The molecule has 0 aromatic heterocycles. The monoisotopic (exact) mass is 398 g/mol. The lowest BCUT2D eigenvalue weighted by Gasteiger charge is -2.27. The van der Waals surface area contributed by atoms with Crippen LogP contribution in [-0.4, -0.2) is 31.8 Å². The molecule has 2 aromatic rings. The third-order valence-corrected chi connectivity index (χ3v) is 5.61. The SMILES string of the molecule is O=C(O)C1=Cc2cc(S(=O)(=O)Cc3ccccc3)ccc2OC1C(F)(F)F. The van der Waals surface area contributed by atoms with Gasteiger partial charge in [0.05, 0.1) is 16.2 Å². The van der Waals surface area contributed by atoms with Crippen molar-refractivity contribution in [1.29, 1.82) is 0 Å². The summed E-state index contributed by atoms with van der Waals surface area (Å²) in [5.41, 5.74) is -0.500. The summed E-state index contributed by atoms with van der Waals surface area (Å²) >= 11 is 0. The van der Waals surface area contributed by atoms with E-state index >= 15 is 0 Å². The van der Waals surface area contributed by atoms with Crippen LogP contribution in [0.2, 0.25) is 0 Å². The van der Waals surface area contributed by atoms with Gasteiger partial charge >= 0.3 is 12.1 Å². The Bertz CT molecular complexity index is 1010. The lowest BCUT2D eigenvalue weighted by molar-refractivity contribution is -0.187. The second-order valence-electron chi connectivity index (χ2n) is 5.89. The summed E-state index contributed by atoms with van der Waals surface area (Å²) in [6.45, 7) is 0. The van der Waals surface area contributed by atoms with Gasteiger partial charge in [-0.25, -0.2) is 13.2 Å². The molecular formula is C18H13F3O5S. The number of carbonyl (C=O) groups is 1. The molecule has 2 aromatic carbocycles. The van der Waals surface area contributed by atoms with E-state index < -0.39 is 33.7 Å². The fourth-order valence-corrected chi connectivity index (χ4v) is 4.05. The van der Waals surface area contributed by atoms with Crippen LogP contribution < -0.4 is 4.74 Å². The number of carboxylic acids is 1. The maximum absolute atomic E-state index is 13.0. The van der Waals surface area contributed by atoms with Crippen molar-refractivity contribution >= 4 is 21.9 Å². The molecule has 0 spiro atoms. The predicted octanol–water partition coefficient (Wildman–Crippen LogP) is 3.45. The number of hydrogen-bond acceptors (Lipinski definition) is 4. The number of hydrogen-bond donors (Lipinski definition) is 1. The minimum Gasteiger partial charge on any atom is -0.478 e. The minimum atomic E-state index is -4.92. The van der Waals surface area contributed by atoms with Gasteiger partial charge < -0.3 is 9.84 Å². The molecule has 1 atom stereocenters. The van der Waals surface area contributed by atoms with Gasteiger partial charge in [-0.15, -0.1) is 0 Å². The van der Waals surface area contributed by atoms with Gasteiger partial charge in [-0.1, -0.05) is 30.3 Å². The quantitative estimate of drug-likeness (QED) is 0.853. The van der Waals surface area contributed by atoms with Crippen molar-refractivity contribution < 1.29 is 36.2 Å². The van der Waals surface area contributed by atoms with Gasteiger partial charge in [0.25, 0.3) is 0 Å². The van der Waals surface area contributed by atoms with E-state index in [1.807, 2.05) is 0 Å². The molecule has 27 heavy (non-hydrogen) atoms. The van der Waals surface area contributed by atoms with Gasteiger partial charge in [0.2, 0.25) is 6.10 Å². The summed E-state index contributed by atoms with van der Waals surface area (Å²) in [5, 5.41) is 9.06. The second-order valence-corrected chi connectivity index (χ2v) is 7.88. The zero-order valence-electron chi connectivity index (χ0n) is 13.6. The number of halogens is 3. The molecule has 0 radical (unpaired) electrons. The standard InChI is InChI=1S/C18H13F3O5S/c19-18(20,21)16-14(17(22)23)9-12-8-13(6-7-15(12)26-16)27(24,25)10-11-4-2-1-3-5-11/h1-9,16H,10H2,(H,22,23). The molecule has 5 nitrogen and oxygen atoms in total. The van der Waals surface area contributed by atoms with Gasteiger partial charge in [0.1, 0.15) is 5.75 Å².